The number of nitro groups is 1. The molecule has 10 heteroatoms. The average molecular weight is 460 g/mol. The molecule has 0 amide bonds. The van der Waals surface area contributed by atoms with Gasteiger partial charge >= 0.3 is 0 Å². The molecule has 172 valence electrons. The molecule has 0 unspecified atom stereocenters. The lowest BCUT2D eigenvalue weighted by molar-refractivity contribution is -0.384. The van der Waals surface area contributed by atoms with Gasteiger partial charge in [0.25, 0.3) is 5.69 Å². The van der Waals surface area contributed by atoms with E-state index in [-0.39, 0.29) is 11.5 Å². The van der Waals surface area contributed by atoms with E-state index in [1.54, 1.807) is 42.5 Å². The van der Waals surface area contributed by atoms with Crippen LogP contribution < -0.4 is 14.2 Å². The molecule has 34 heavy (non-hydrogen) atoms. The summed E-state index contributed by atoms with van der Waals surface area (Å²) in [5.41, 5.74) is 2.39. The Morgan fingerprint density at radius 1 is 0.941 bits per heavy atom. The molecule has 0 saturated carbocycles. The first kappa shape index (κ1) is 22.5. The van der Waals surface area contributed by atoms with Gasteiger partial charge in [0.15, 0.2) is 17.3 Å². The summed E-state index contributed by atoms with van der Waals surface area (Å²) < 4.78 is 17.6. The smallest absolute Gasteiger partial charge is 0.270 e. The Morgan fingerprint density at radius 3 is 2.24 bits per heavy atom. The molecule has 4 aromatic rings. The van der Waals surface area contributed by atoms with Crippen molar-refractivity contribution in [2.75, 3.05) is 21.3 Å². The quantitative estimate of drug-likeness (QED) is 0.219. The molecule has 0 atom stereocenters. The number of hydrogen-bond donors (Lipinski definition) is 0. The zero-order chi connectivity index (χ0) is 24.2. The Hall–Kier alpha value is -4.73. The molecule has 0 spiro atoms. The molecule has 0 fully saturated rings. The largest absolute Gasteiger partial charge is 0.493 e. The van der Waals surface area contributed by atoms with Crippen molar-refractivity contribution in [1.82, 2.24) is 14.8 Å². The molecular weight excluding hydrogens is 440 g/mol. The van der Waals surface area contributed by atoms with Gasteiger partial charge in [0, 0.05) is 23.3 Å². The number of methoxy groups -OCH3 is 3. The fourth-order valence-corrected chi connectivity index (χ4v) is 3.59. The van der Waals surface area contributed by atoms with Crippen LogP contribution in [0.5, 0.6) is 17.2 Å². The van der Waals surface area contributed by atoms with Crippen LogP contribution in [-0.2, 0) is 0 Å². The molecule has 0 aliphatic rings. The predicted molar refractivity (Wildman–Crippen MR) is 123 cm³/mol. The number of carbonyl (C=O) groups is 1. The van der Waals surface area contributed by atoms with Gasteiger partial charge in [0.2, 0.25) is 5.75 Å². The molecular formula is C24H20N4O6. The Bertz CT molecular complexity index is 1340. The van der Waals surface area contributed by atoms with Crippen molar-refractivity contribution in [3.8, 4) is 34.1 Å². The lowest BCUT2D eigenvalue weighted by Crippen LogP contribution is -2.09. The third kappa shape index (κ3) is 4.16. The van der Waals surface area contributed by atoms with E-state index in [1.807, 2.05) is 0 Å². The molecule has 10 nitrogen and oxygen atoms in total. The third-order valence-corrected chi connectivity index (χ3v) is 5.23. The van der Waals surface area contributed by atoms with Crippen LogP contribution in [0.2, 0.25) is 0 Å². The van der Waals surface area contributed by atoms with Crippen molar-refractivity contribution in [1.29, 1.82) is 0 Å². The van der Waals surface area contributed by atoms with Crippen molar-refractivity contribution in [3.63, 3.8) is 0 Å². The fourth-order valence-electron chi connectivity index (χ4n) is 3.59. The van der Waals surface area contributed by atoms with E-state index in [0.29, 0.717) is 45.2 Å². The summed E-state index contributed by atoms with van der Waals surface area (Å²) in [7, 11) is 4.43. The monoisotopic (exact) mass is 460 g/mol. The van der Waals surface area contributed by atoms with Gasteiger partial charge in [-0.1, -0.05) is 18.2 Å². The minimum absolute atomic E-state index is 0.0302. The summed E-state index contributed by atoms with van der Waals surface area (Å²) >= 11 is 0. The summed E-state index contributed by atoms with van der Waals surface area (Å²) in [6.07, 6.45) is 2.83. The van der Waals surface area contributed by atoms with E-state index in [4.69, 9.17) is 14.2 Å². The van der Waals surface area contributed by atoms with E-state index in [2.05, 4.69) is 10.1 Å². The molecule has 0 bridgehead atoms. The Balaban J connectivity index is 1.85. The number of rotatable bonds is 8. The van der Waals surface area contributed by atoms with Gasteiger partial charge < -0.3 is 14.2 Å². The number of aromatic nitrogens is 3. The number of ketones is 1. The molecule has 3 aromatic carbocycles. The lowest BCUT2D eigenvalue weighted by atomic mass is 9.96. The highest BCUT2D eigenvalue weighted by molar-refractivity contribution is 6.12. The lowest BCUT2D eigenvalue weighted by Gasteiger charge is -2.15. The number of carbonyl (C=O) groups excluding carboxylic acids is 1. The molecule has 0 aliphatic heterocycles. The van der Waals surface area contributed by atoms with Crippen LogP contribution in [0.15, 0.2) is 67.3 Å². The SMILES string of the molecule is COc1cc(C(=O)c2ccc(-c3cccc([N+](=O)[O-])c3)cc2-n2cncn2)cc(OC)c1OC. The molecule has 0 aliphatic carbocycles. The van der Waals surface area contributed by atoms with E-state index >= 15 is 0 Å². The zero-order valence-corrected chi connectivity index (χ0v) is 18.6. The van der Waals surface area contributed by atoms with Crippen molar-refractivity contribution in [2.45, 2.75) is 0 Å². The minimum atomic E-state index is -0.454. The molecule has 1 aromatic heterocycles. The maximum absolute atomic E-state index is 13.6. The molecule has 4 rings (SSSR count). The highest BCUT2D eigenvalue weighted by atomic mass is 16.6. The third-order valence-electron chi connectivity index (χ3n) is 5.23. The van der Waals surface area contributed by atoms with Gasteiger partial charge in [0.1, 0.15) is 12.7 Å². The van der Waals surface area contributed by atoms with E-state index in [1.165, 1.54) is 50.8 Å². The van der Waals surface area contributed by atoms with E-state index < -0.39 is 4.92 Å². The van der Waals surface area contributed by atoms with Gasteiger partial charge in [-0.2, -0.15) is 5.10 Å². The Labute approximate surface area is 194 Å². The Morgan fingerprint density at radius 2 is 1.65 bits per heavy atom. The fraction of sp³-hybridized carbons (Fsp3) is 0.125. The number of nitrogens with zero attached hydrogens (tertiary/aromatic N) is 4. The van der Waals surface area contributed by atoms with E-state index in [9.17, 15) is 14.9 Å². The molecule has 1 heterocycles. The number of ether oxygens (including phenoxy) is 3. The van der Waals surface area contributed by atoms with Crippen LogP contribution in [0, 0.1) is 10.1 Å². The normalized spacial score (nSPS) is 10.6. The van der Waals surface area contributed by atoms with Crippen LogP contribution in [0.4, 0.5) is 5.69 Å². The minimum Gasteiger partial charge on any atom is -0.493 e. The first-order valence-corrected chi connectivity index (χ1v) is 10.1. The van der Waals surface area contributed by atoms with E-state index in [0.717, 1.165) is 0 Å². The summed E-state index contributed by atoms with van der Waals surface area (Å²) in [4.78, 5) is 28.3. The van der Waals surface area contributed by atoms with Gasteiger partial charge in [-0.15, -0.1) is 0 Å². The second-order valence-corrected chi connectivity index (χ2v) is 7.12. The second-order valence-electron chi connectivity index (χ2n) is 7.12. The van der Waals surface area contributed by atoms with Crippen molar-refractivity contribution in [2.24, 2.45) is 0 Å². The second kappa shape index (κ2) is 9.41. The molecule has 0 saturated heterocycles. The summed E-state index contributed by atoms with van der Waals surface area (Å²) in [5, 5.41) is 15.4. The Kier molecular flexibility index (Phi) is 6.22. The topological polar surface area (TPSA) is 119 Å². The highest BCUT2D eigenvalue weighted by Gasteiger charge is 2.21. The summed E-state index contributed by atoms with van der Waals surface area (Å²) in [6, 6.07) is 14.5. The van der Waals surface area contributed by atoms with Crippen LogP contribution in [-0.4, -0.2) is 46.8 Å². The van der Waals surface area contributed by atoms with Crippen LogP contribution >= 0.6 is 0 Å². The average Bonchev–Trinajstić information content (AvgIpc) is 3.42. The summed E-state index contributed by atoms with van der Waals surface area (Å²) in [5.74, 6) is 0.760. The number of non-ortho nitro benzene ring substituents is 1. The predicted octanol–water partition coefficient (Wildman–Crippen LogP) is 4.10. The van der Waals surface area contributed by atoms with Crippen molar-refractivity contribution < 1.29 is 23.9 Å². The number of benzene rings is 3. The maximum atomic E-state index is 13.6. The first-order chi connectivity index (χ1) is 16.5. The highest BCUT2D eigenvalue weighted by Crippen LogP contribution is 2.39. The molecule has 0 N–H and O–H groups in total. The first-order valence-electron chi connectivity index (χ1n) is 10.1. The van der Waals surface area contributed by atoms with Gasteiger partial charge in [-0.25, -0.2) is 9.67 Å². The van der Waals surface area contributed by atoms with Gasteiger partial charge in [-0.05, 0) is 35.4 Å². The number of nitro benzene ring substituents is 1. The van der Waals surface area contributed by atoms with Crippen molar-refractivity contribution >= 4 is 11.5 Å². The van der Waals surface area contributed by atoms with Crippen LogP contribution in [0.3, 0.4) is 0 Å². The van der Waals surface area contributed by atoms with Crippen LogP contribution in [0.1, 0.15) is 15.9 Å². The van der Waals surface area contributed by atoms with Gasteiger partial charge in [-0.3, -0.25) is 14.9 Å². The summed E-state index contributed by atoms with van der Waals surface area (Å²) in [6.45, 7) is 0. The zero-order valence-electron chi connectivity index (χ0n) is 18.6. The number of hydrogen-bond acceptors (Lipinski definition) is 8. The molecule has 0 radical (unpaired) electrons. The van der Waals surface area contributed by atoms with Gasteiger partial charge in [0.05, 0.1) is 31.9 Å². The standard InChI is InChI=1S/C24H20N4O6/c1-32-21-11-17(12-22(33-2)24(21)34-3)23(29)19-8-7-16(10-20(19)27-14-25-13-26-27)15-5-4-6-18(9-15)28(30)31/h4-14H,1-3H3. The van der Waals surface area contributed by atoms with Crippen molar-refractivity contribution in [3.05, 3.63) is 88.5 Å². The maximum Gasteiger partial charge on any atom is 0.270 e. The van der Waals surface area contributed by atoms with Crippen LogP contribution in [0.25, 0.3) is 16.8 Å².